The Balaban J connectivity index is 1.24. The van der Waals surface area contributed by atoms with Crippen molar-refractivity contribution >= 4 is 22.1 Å². The Hall–Kier alpha value is -4.80. The predicted octanol–water partition coefficient (Wildman–Crippen LogP) is 6.35. The maximum Gasteiger partial charge on any atom is 0.142 e. The van der Waals surface area contributed by atoms with Gasteiger partial charge in [0.2, 0.25) is 0 Å². The first kappa shape index (κ1) is 28.9. The Labute approximate surface area is 260 Å². The molecule has 5 heterocycles. The minimum Gasteiger partial charge on any atom is -0.492 e. The Bertz CT molecular complexity index is 1980. The summed E-state index contributed by atoms with van der Waals surface area (Å²) in [5.74, 6) is 1.57. The molecule has 6 aromatic rings. The molecular formula is C35H36FN7O2. The van der Waals surface area contributed by atoms with Crippen LogP contribution in [0.1, 0.15) is 18.5 Å². The summed E-state index contributed by atoms with van der Waals surface area (Å²) in [5, 5.41) is 3.37. The first-order valence-electron chi connectivity index (χ1n) is 15.3. The summed E-state index contributed by atoms with van der Waals surface area (Å²) < 4.78 is 26.8. The second-order valence-electron chi connectivity index (χ2n) is 11.8. The van der Waals surface area contributed by atoms with Crippen molar-refractivity contribution in [2.45, 2.75) is 25.9 Å². The lowest BCUT2D eigenvalue weighted by Crippen LogP contribution is -2.34. The second kappa shape index (κ2) is 12.3. The lowest BCUT2D eigenvalue weighted by Gasteiger charge is -2.23. The highest BCUT2D eigenvalue weighted by molar-refractivity contribution is 5.98. The molecule has 1 aliphatic heterocycles. The zero-order chi connectivity index (χ0) is 30.9. The number of aryl methyl sites for hydroxylation is 1. The fourth-order valence-corrected chi connectivity index (χ4v) is 5.90. The molecule has 0 aliphatic carbocycles. The van der Waals surface area contributed by atoms with Crippen LogP contribution < -0.4 is 14.8 Å². The quantitative estimate of drug-likeness (QED) is 0.176. The van der Waals surface area contributed by atoms with Crippen LogP contribution in [0.25, 0.3) is 55.8 Å². The molecule has 10 heteroatoms. The van der Waals surface area contributed by atoms with Gasteiger partial charge < -0.3 is 29.7 Å². The maximum atomic E-state index is 14.7. The molecule has 0 bridgehead atoms. The minimum atomic E-state index is -0.357. The number of aromatic nitrogens is 5. The van der Waals surface area contributed by atoms with Gasteiger partial charge in [0.05, 0.1) is 39.5 Å². The number of likely N-dealkylation sites (N-methyl/N-ethyl adjacent to an activating group) is 1. The molecular weight excluding hydrogens is 569 g/mol. The molecule has 0 saturated carbocycles. The van der Waals surface area contributed by atoms with E-state index in [0.29, 0.717) is 23.7 Å². The summed E-state index contributed by atoms with van der Waals surface area (Å²) in [6, 6.07) is 16.7. The molecule has 3 N–H and O–H groups in total. The fourth-order valence-electron chi connectivity index (χ4n) is 5.90. The highest BCUT2D eigenvalue weighted by Crippen LogP contribution is 2.36. The van der Waals surface area contributed by atoms with Crippen molar-refractivity contribution in [1.82, 2.24) is 35.1 Å². The van der Waals surface area contributed by atoms with Crippen molar-refractivity contribution in [3.8, 4) is 45.3 Å². The first-order chi connectivity index (χ1) is 21.9. The van der Waals surface area contributed by atoms with Crippen LogP contribution in [-0.4, -0.2) is 76.3 Å². The van der Waals surface area contributed by atoms with E-state index in [1.807, 2.05) is 74.6 Å². The maximum absolute atomic E-state index is 14.7. The highest BCUT2D eigenvalue weighted by atomic mass is 19.1. The van der Waals surface area contributed by atoms with Gasteiger partial charge in [-0.05, 0) is 88.9 Å². The van der Waals surface area contributed by atoms with Crippen LogP contribution >= 0.6 is 0 Å². The van der Waals surface area contributed by atoms with Crippen molar-refractivity contribution < 1.29 is 13.9 Å². The molecule has 0 spiro atoms. The lowest BCUT2D eigenvalue weighted by molar-refractivity contribution is 0.162. The number of rotatable bonds is 9. The third-order valence-electron chi connectivity index (χ3n) is 8.17. The number of nitrogens with one attached hydrogen (secondary N) is 3. The summed E-state index contributed by atoms with van der Waals surface area (Å²) >= 11 is 0. The number of hydrogen-bond acceptors (Lipinski definition) is 7. The number of benzene rings is 2. The van der Waals surface area contributed by atoms with E-state index in [4.69, 9.17) is 19.4 Å². The van der Waals surface area contributed by atoms with Gasteiger partial charge in [0.1, 0.15) is 35.9 Å². The van der Waals surface area contributed by atoms with Crippen LogP contribution in [0.5, 0.6) is 11.5 Å². The van der Waals surface area contributed by atoms with E-state index in [1.165, 1.54) is 12.1 Å². The number of halogens is 1. The summed E-state index contributed by atoms with van der Waals surface area (Å²) in [4.78, 5) is 23.6. The molecule has 0 amide bonds. The van der Waals surface area contributed by atoms with E-state index in [0.717, 1.165) is 88.4 Å². The van der Waals surface area contributed by atoms with Crippen molar-refractivity contribution in [2.75, 3.05) is 40.3 Å². The van der Waals surface area contributed by atoms with Crippen LogP contribution in [0.4, 0.5) is 4.39 Å². The van der Waals surface area contributed by atoms with Gasteiger partial charge in [-0.25, -0.2) is 14.4 Å². The molecule has 0 radical (unpaired) electrons. The molecule has 9 nitrogen and oxygen atoms in total. The normalized spacial score (nSPS) is 14.1. The van der Waals surface area contributed by atoms with E-state index in [2.05, 4.69) is 20.3 Å². The van der Waals surface area contributed by atoms with Gasteiger partial charge in [0.25, 0.3) is 0 Å². The number of aromatic amines is 2. The van der Waals surface area contributed by atoms with Crippen LogP contribution in [0.2, 0.25) is 0 Å². The molecule has 1 saturated heterocycles. The SMILES string of the molecule is Cc1[nH]c2ccc(-c3cncc(OC4CCNCC4)c3)nc2c1-c1nc2c(-c3cc(F)cc(OCCN(C)C)c3)cccc2[nH]1. The van der Waals surface area contributed by atoms with Gasteiger partial charge >= 0.3 is 0 Å². The number of fused-ring (bicyclic) bond motifs is 2. The molecule has 4 aromatic heterocycles. The molecule has 45 heavy (non-hydrogen) atoms. The number of piperidine rings is 1. The Morgan fingerprint density at radius 1 is 0.889 bits per heavy atom. The summed E-state index contributed by atoms with van der Waals surface area (Å²) in [6.07, 6.45) is 5.72. The number of para-hydroxylation sites is 1. The Kier molecular flexibility index (Phi) is 7.91. The average molecular weight is 606 g/mol. The number of H-pyrrole nitrogens is 2. The standard InChI is InChI=1S/C35H36FN7O2/c1-21-32(34-31(39-21)8-7-29(40-34)23-17-27(20-38-19-23)45-25-9-11-37-12-10-25)35-41-30-6-4-5-28(33(30)42-35)22-15-24(36)18-26(16-22)44-14-13-43(2)3/h4-8,15-20,25,37,39H,9-14H2,1-3H3,(H,41,42). The van der Waals surface area contributed by atoms with Gasteiger partial charge in [-0.3, -0.25) is 4.98 Å². The molecule has 1 aliphatic rings. The molecule has 1 fully saturated rings. The fraction of sp³-hybridized carbons (Fsp3) is 0.286. The van der Waals surface area contributed by atoms with Crippen LogP contribution in [-0.2, 0) is 0 Å². The van der Waals surface area contributed by atoms with Crippen molar-refractivity contribution in [1.29, 1.82) is 0 Å². The van der Waals surface area contributed by atoms with E-state index in [1.54, 1.807) is 6.20 Å². The van der Waals surface area contributed by atoms with E-state index < -0.39 is 0 Å². The zero-order valence-corrected chi connectivity index (χ0v) is 25.7. The van der Waals surface area contributed by atoms with E-state index >= 15 is 0 Å². The van der Waals surface area contributed by atoms with Gasteiger partial charge in [-0.15, -0.1) is 0 Å². The number of hydrogen-bond donors (Lipinski definition) is 3. The van der Waals surface area contributed by atoms with Gasteiger partial charge in [0, 0.05) is 35.6 Å². The minimum absolute atomic E-state index is 0.185. The Morgan fingerprint density at radius 2 is 1.71 bits per heavy atom. The summed E-state index contributed by atoms with van der Waals surface area (Å²) in [5.41, 5.74) is 8.33. The summed E-state index contributed by atoms with van der Waals surface area (Å²) in [7, 11) is 3.95. The number of nitrogens with zero attached hydrogens (tertiary/aromatic N) is 4. The smallest absolute Gasteiger partial charge is 0.142 e. The van der Waals surface area contributed by atoms with Crippen molar-refractivity contribution in [3.05, 3.63) is 78.5 Å². The predicted molar refractivity (Wildman–Crippen MR) is 175 cm³/mol. The number of imidazole rings is 1. The third-order valence-corrected chi connectivity index (χ3v) is 8.17. The average Bonchev–Trinajstić information content (AvgIpc) is 3.60. The Morgan fingerprint density at radius 3 is 2.56 bits per heavy atom. The largest absolute Gasteiger partial charge is 0.492 e. The lowest BCUT2D eigenvalue weighted by atomic mass is 10.0. The monoisotopic (exact) mass is 605 g/mol. The highest BCUT2D eigenvalue weighted by Gasteiger charge is 2.20. The van der Waals surface area contributed by atoms with E-state index in [-0.39, 0.29) is 11.9 Å². The topological polar surface area (TPSA) is 104 Å². The van der Waals surface area contributed by atoms with Gasteiger partial charge in [-0.1, -0.05) is 12.1 Å². The number of pyridine rings is 2. The molecule has 2 aromatic carbocycles. The molecule has 7 rings (SSSR count). The third kappa shape index (κ3) is 6.11. The van der Waals surface area contributed by atoms with Crippen LogP contribution in [0.15, 0.2) is 67.0 Å². The second-order valence-corrected chi connectivity index (χ2v) is 11.8. The molecule has 0 atom stereocenters. The van der Waals surface area contributed by atoms with E-state index in [9.17, 15) is 4.39 Å². The molecule has 0 unspecified atom stereocenters. The zero-order valence-electron chi connectivity index (χ0n) is 25.7. The van der Waals surface area contributed by atoms with Crippen molar-refractivity contribution in [3.63, 3.8) is 0 Å². The first-order valence-corrected chi connectivity index (χ1v) is 15.3. The van der Waals surface area contributed by atoms with Crippen molar-refractivity contribution in [2.24, 2.45) is 0 Å². The summed E-state index contributed by atoms with van der Waals surface area (Å²) in [6.45, 7) is 5.14. The number of ether oxygens (including phenoxy) is 2. The van der Waals surface area contributed by atoms with Crippen LogP contribution in [0.3, 0.4) is 0 Å². The molecule has 230 valence electrons. The van der Waals surface area contributed by atoms with Gasteiger partial charge in [-0.2, -0.15) is 0 Å². The van der Waals surface area contributed by atoms with Gasteiger partial charge in [0.15, 0.2) is 0 Å². The van der Waals surface area contributed by atoms with Crippen LogP contribution in [0, 0.1) is 12.7 Å².